The minimum Gasteiger partial charge on any atom is -0.464 e. The van der Waals surface area contributed by atoms with Gasteiger partial charge in [0, 0.05) is 6.07 Å². The zero-order valence-corrected chi connectivity index (χ0v) is 10.9. The van der Waals surface area contributed by atoms with Crippen molar-refractivity contribution in [3.63, 3.8) is 0 Å². The minimum atomic E-state index is -0.304. The van der Waals surface area contributed by atoms with E-state index >= 15 is 0 Å². The van der Waals surface area contributed by atoms with Gasteiger partial charge in [-0.2, -0.15) is 5.10 Å². The first-order valence-corrected chi connectivity index (χ1v) is 6.25. The fourth-order valence-corrected chi connectivity index (χ4v) is 1.78. The fraction of sp³-hybridized carbons (Fsp3) is 0.286. The molecule has 0 aliphatic carbocycles. The van der Waals surface area contributed by atoms with Crippen LogP contribution in [-0.4, -0.2) is 22.4 Å². The first-order chi connectivity index (χ1) is 9.20. The molecule has 0 aliphatic heterocycles. The third-order valence-electron chi connectivity index (χ3n) is 2.61. The van der Waals surface area contributed by atoms with Gasteiger partial charge in [-0.15, -0.1) is 0 Å². The summed E-state index contributed by atoms with van der Waals surface area (Å²) >= 11 is 0. The molecule has 0 atom stereocenters. The van der Waals surface area contributed by atoms with E-state index < -0.39 is 0 Å². The summed E-state index contributed by atoms with van der Waals surface area (Å²) in [6, 6.07) is 11.4. The van der Waals surface area contributed by atoms with Crippen molar-refractivity contribution >= 4 is 11.8 Å². The van der Waals surface area contributed by atoms with E-state index in [0.29, 0.717) is 12.4 Å². The Hall–Kier alpha value is -2.30. The summed E-state index contributed by atoms with van der Waals surface area (Å²) in [4.78, 5) is 11.6. The van der Waals surface area contributed by atoms with E-state index in [9.17, 15) is 4.79 Å². The molecule has 5 nitrogen and oxygen atoms in total. The number of benzene rings is 1. The first-order valence-electron chi connectivity index (χ1n) is 6.25. The lowest BCUT2D eigenvalue weighted by atomic mass is 10.1. The molecule has 1 aromatic heterocycles. The molecular formula is C14H17N3O2. The van der Waals surface area contributed by atoms with Crippen LogP contribution in [-0.2, 0) is 16.1 Å². The lowest BCUT2D eigenvalue weighted by molar-refractivity contribution is -0.144. The summed E-state index contributed by atoms with van der Waals surface area (Å²) in [5, 5.41) is 4.13. The number of carbonyl (C=O) groups excluding carboxylic acids is 1. The molecule has 5 heteroatoms. The Bertz CT molecular complexity index is 549. The molecule has 0 amide bonds. The van der Waals surface area contributed by atoms with E-state index in [2.05, 4.69) is 5.10 Å². The lowest BCUT2D eigenvalue weighted by Crippen LogP contribution is -2.16. The number of nitrogens with zero attached hydrogens (tertiary/aromatic N) is 2. The second kappa shape index (κ2) is 6.04. The number of carbonyl (C=O) groups is 1. The van der Waals surface area contributed by atoms with Crippen molar-refractivity contribution in [3.8, 4) is 11.3 Å². The van der Waals surface area contributed by atoms with Crippen LogP contribution in [0.1, 0.15) is 13.3 Å². The Morgan fingerprint density at radius 3 is 2.79 bits per heavy atom. The number of rotatable bonds is 5. The molecule has 2 N–H and O–H groups in total. The molecule has 2 rings (SSSR count). The summed E-state index contributed by atoms with van der Waals surface area (Å²) in [6.07, 6.45) is 0.804. The number of hydrogen-bond donors (Lipinski definition) is 1. The highest BCUT2D eigenvalue weighted by Gasteiger charge is 2.12. The topological polar surface area (TPSA) is 70.1 Å². The Morgan fingerprint density at radius 2 is 2.11 bits per heavy atom. The van der Waals surface area contributed by atoms with Crippen molar-refractivity contribution in [2.45, 2.75) is 19.9 Å². The van der Waals surface area contributed by atoms with Crippen molar-refractivity contribution in [1.82, 2.24) is 9.78 Å². The van der Waals surface area contributed by atoms with Crippen LogP contribution in [0.25, 0.3) is 11.3 Å². The third kappa shape index (κ3) is 3.34. The molecule has 1 heterocycles. The van der Waals surface area contributed by atoms with Crippen LogP contribution in [0.3, 0.4) is 0 Å². The summed E-state index contributed by atoms with van der Waals surface area (Å²) < 4.78 is 6.63. The van der Waals surface area contributed by atoms with E-state index in [1.165, 1.54) is 0 Å². The molecule has 2 aromatic rings. The highest BCUT2D eigenvalue weighted by Crippen LogP contribution is 2.21. The molecule has 0 unspecified atom stereocenters. The van der Waals surface area contributed by atoms with Gasteiger partial charge in [0.15, 0.2) is 0 Å². The van der Waals surface area contributed by atoms with Gasteiger partial charge in [-0.1, -0.05) is 37.3 Å². The largest absolute Gasteiger partial charge is 0.464 e. The zero-order chi connectivity index (χ0) is 13.7. The van der Waals surface area contributed by atoms with E-state index in [1.54, 1.807) is 10.7 Å². The zero-order valence-electron chi connectivity index (χ0n) is 10.9. The van der Waals surface area contributed by atoms with Gasteiger partial charge in [0.05, 0.1) is 12.3 Å². The van der Waals surface area contributed by atoms with Crippen LogP contribution in [0.2, 0.25) is 0 Å². The number of aromatic nitrogens is 2. The van der Waals surface area contributed by atoms with Crippen LogP contribution in [0.15, 0.2) is 36.4 Å². The van der Waals surface area contributed by atoms with Crippen LogP contribution < -0.4 is 5.73 Å². The number of ether oxygens (including phenoxy) is 1. The summed E-state index contributed by atoms with van der Waals surface area (Å²) in [7, 11) is 0. The van der Waals surface area contributed by atoms with Crippen LogP contribution in [0.5, 0.6) is 0 Å². The lowest BCUT2D eigenvalue weighted by Gasteiger charge is -2.07. The molecule has 0 fully saturated rings. The number of anilines is 1. The Balaban J connectivity index is 2.20. The maximum Gasteiger partial charge on any atom is 0.327 e. The van der Waals surface area contributed by atoms with Gasteiger partial charge in [-0.25, -0.2) is 0 Å². The van der Waals surface area contributed by atoms with Crippen LogP contribution >= 0.6 is 0 Å². The quantitative estimate of drug-likeness (QED) is 0.835. The molecule has 0 radical (unpaired) electrons. The molecule has 0 bridgehead atoms. The van der Waals surface area contributed by atoms with Crippen molar-refractivity contribution in [3.05, 3.63) is 36.4 Å². The average molecular weight is 259 g/mol. The number of esters is 1. The molecular weight excluding hydrogens is 242 g/mol. The SMILES string of the molecule is CCCOC(=O)Cn1nc(N)cc1-c1ccccc1. The molecule has 0 aliphatic rings. The van der Waals surface area contributed by atoms with Crippen molar-refractivity contribution < 1.29 is 9.53 Å². The highest BCUT2D eigenvalue weighted by molar-refractivity contribution is 5.71. The number of hydrogen-bond acceptors (Lipinski definition) is 4. The number of nitrogens with two attached hydrogens (primary N) is 1. The number of nitrogen functional groups attached to an aromatic ring is 1. The average Bonchev–Trinajstić information content (AvgIpc) is 2.78. The van der Waals surface area contributed by atoms with Crippen molar-refractivity contribution in [2.24, 2.45) is 0 Å². The van der Waals surface area contributed by atoms with Crippen LogP contribution in [0.4, 0.5) is 5.82 Å². The molecule has 100 valence electrons. The van der Waals surface area contributed by atoms with Crippen molar-refractivity contribution in [2.75, 3.05) is 12.3 Å². The molecule has 19 heavy (non-hydrogen) atoms. The Kier molecular flexibility index (Phi) is 4.18. The third-order valence-corrected chi connectivity index (χ3v) is 2.61. The van der Waals surface area contributed by atoms with E-state index in [4.69, 9.17) is 10.5 Å². The highest BCUT2D eigenvalue weighted by atomic mass is 16.5. The standard InChI is InChI=1S/C14H17N3O2/c1-2-8-19-14(18)10-17-12(9-13(15)16-17)11-6-4-3-5-7-11/h3-7,9H,2,8,10H2,1H3,(H2,15,16). The fourth-order valence-electron chi connectivity index (χ4n) is 1.78. The van der Waals surface area contributed by atoms with Crippen molar-refractivity contribution in [1.29, 1.82) is 0 Å². The summed E-state index contributed by atoms with van der Waals surface area (Å²) in [6.45, 7) is 2.45. The summed E-state index contributed by atoms with van der Waals surface area (Å²) in [5.74, 6) is 0.0873. The van der Waals surface area contributed by atoms with Gasteiger partial charge in [0.2, 0.25) is 0 Å². The van der Waals surface area contributed by atoms with E-state index in [0.717, 1.165) is 17.7 Å². The van der Waals surface area contributed by atoms with Gasteiger partial charge in [0.1, 0.15) is 12.4 Å². The normalized spacial score (nSPS) is 10.4. The first kappa shape index (κ1) is 13.1. The van der Waals surface area contributed by atoms with Gasteiger partial charge in [-0.05, 0) is 12.0 Å². The second-order valence-electron chi connectivity index (χ2n) is 4.20. The summed E-state index contributed by atoms with van der Waals surface area (Å²) in [5.41, 5.74) is 7.49. The molecule has 0 saturated carbocycles. The molecule has 0 saturated heterocycles. The monoisotopic (exact) mass is 259 g/mol. The second-order valence-corrected chi connectivity index (χ2v) is 4.20. The maximum absolute atomic E-state index is 11.6. The van der Waals surface area contributed by atoms with Crippen LogP contribution in [0, 0.1) is 0 Å². The predicted octanol–water partition coefficient (Wildman–Crippen LogP) is 2.09. The van der Waals surface area contributed by atoms with Gasteiger partial charge in [-0.3, -0.25) is 9.48 Å². The maximum atomic E-state index is 11.6. The smallest absolute Gasteiger partial charge is 0.327 e. The van der Waals surface area contributed by atoms with E-state index in [-0.39, 0.29) is 12.5 Å². The molecule has 1 aromatic carbocycles. The van der Waals surface area contributed by atoms with Gasteiger partial charge in [0.25, 0.3) is 0 Å². The molecule has 0 spiro atoms. The van der Waals surface area contributed by atoms with Gasteiger partial charge >= 0.3 is 5.97 Å². The van der Waals surface area contributed by atoms with E-state index in [1.807, 2.05) is 37.3 Å². The Morgan fingerprint density at radius 1 is 1.37 bits per heavy atom. The minimum absolute atomic E-state index is 0.0709. The predicted molar refractivity (Wildman–Crippen MR) is 73.3 cm³/mol. The Labute approximate surface area is 112 Å². The van der Waals surface area contributed by atoms with Gasteiger partial charge < -0.3 is 10.5 Å².